The van der Waals surface area contributed by atoms with E-state index in [0.29, 0.717) is 65.1 Å². The van der Waals surface area contributed by atoms with Crippen LogP contribution in [0.5, 0.6) is 5.75 Å². The molecule has 0 radical (unpaired) electrons. The van der Waals surface area contributed by atoms with E-state index in [4.69, 9.17) is 36.5 Å². The Morgan fingerprint density at radius 1 is 1.00 bits per heavy atom. The van der Waals surface area contributed by atoms with E-state index in [1.54, 1.807) is 18.3 Å². The van der Waals surface area contributed by atoms with E-state index in [0.717, 1.165) is 22.4 Å². The van der Waals surface area contributed by atoms with Crippen molar-refractivity contribution < 1.29 is 23.4 Å². The van der Waals surface area contributed by atoms with Crippen LogP contribution in [0.4, 0.5) is 10.2 Å². The van der Waals surface area contributed by atoms with Crippen molar-refractivity contribution in [1.29, 1.82) is 0 Å². The molecule has 3 aromatic heterocycles. The number of rotatable bonds is 8. The average molecular weight is 677 g/mol. The minimum Gasteiger partial charge on any atom is -0.488 e. The Hall–Kier alpha value is -5.36. The number of ether oxygens (including phenoxy) is 3. The summed E-state index contributed by atoms with van der Waals surface area (Å²) < 4.78 is 34.9. The molecule has 3 N–H and O–H groups in total. The molecule has 246 valence electrons. The minimum atomic E-state index is -0.765. The number of anilines is 1. The van der Waals surface area contributed by atoms with Gasteiger partial charge in [0.1, 0.15) is 34.7 Å². The van der Waals surface area contributed by atoms with E-state index in [-0.39, 0.29) is 24.0 Å². The minimum absolute atomic E-state index is 0.113. The van der Waals surface area contributed by atoms with E-state index < -0.39 is 18.0 Å². The van der Waals surface area contributed by atoms with Crippen LogP contribution in [0.15, 0.2) is 91.1 Å². The molecule has 10 nitrogen and oxygen atoms in total. The van der Waals surface area contributed by atoms with Gasteiger partial charge < -0.3 is 25.3 Å². The lowest BCUT2D eigenvalue weighted by molar-refractivity contribution is -0.0459. The number of nitrogens with two attached hydrogens (primary N) is 1. The van der Waals surface area contributed by atoms with Gasteiger partial charge in [-0.15, -0.1) is 0 Å². The predicted octanol–water partition coefficient (Wildman–Crippen LogP) is 6.90. The van der Waals surface area contributed by atoms with Crippen molar-refractivity contribution >= 4 is 34.5 Å². The molecule has 2 aliphatic rings. The highest BCUT2D eigenvalue weighted by Gasteiger charge is 2.30. The number of nitrogens with one attached hydrogen (secondary N) is 1. The van der Waals surface area contributed by atoms with Crippen molar-refractivity contribution in [3.8, 4) is 22.8 Å². The van der Waals surface area contributed by atoms with Gasteiger partial charge in [-0.05, 0) is 72.0 Å². The fourth-order valence-electron chi connectivity index (χ4n) is 6.42. The third-order valence-corrected chi connectivity index (χ3v) is 8.99. The van der Waals surface area contributed by atoms with Gasteiger partial charge in [0, 0.05) is 18.0 Å². The standard InChI is InChI=1S/C37H30ClFN6O4/c38-32-13-12-30-35(44-32)45(34(42-30)25-7-4-14-41-33(25)40)23-9-10-24-22(17-23)8-11-29(24)43-36(46)26-18-27(37-47-15-16-48-37)31(19-28(26)39)49-20-21-5-2-1-3-6-21/h1-7,9-10,12-14,17-19,29,37H,8,11,15-16,20H2,(H2,40,41)(H,43,46)/t29-/m0/s1. The Morgan fingerprint density at radius 2 is 1.84 bits per heavy atom. The summed E-state index contributed by atoms with van der Waals surface area (Å²) in [5.41, 5.74) is 12.2. The second kappa shape index (κ2) is 12.9. The van der Waals surface area contributed by atoms with Crippen LogP contribution in [-0.4, -0.2) is 38.6 Å². The molecule has 12 heteroatoms. The molecule has 1 aliphatic carbocycles. The van der Waals surface area contributed by atoms with Crippen LogP contribution in [0.25, 0.3) is 28.2 Å². The van der Waals surface area contributed by atoms with E-state index in [1.807, 2.05) is 65.2 Å². The Labute approximate surface area is 285 Å². The molecule has 1 fully saturated rings. The molecule has 0 unspecified atom stereocenters. The number of pyridine rings is 2. The number of amides is 1. The number of hydrogen-bond acceptors (Lipinski definition) is 8. The number of nitrogens with zero attached hydrogens (tertiary/aromatic N) is 4. The summed E-state index contributed by atoms with van der Waals surface area (Å²) in [6.45, 7) is 0.997. The number of carbonyl (C=O) groups excluding carboxylic acids is 1. The van der Waals surface area contributed by atoms with Crippen molar-refractivity contribution in [3.05, 3.63) is 130 Å². The molecule has 1 amide bonds. The molecule has 8 rings (SSSR count). The molecule has 3 aromatic carbocycles. The summed E-state index contributed by atoms with van der Waals surface area (Å²) in [7, 11) is 0. The van der Waals surface area contributed by atoms with Crippen molar-refractivity contribution in [1.82, 2.24) is 24.8 Å². The molecule has 1 atom stereocenters. The first kappa shape index (κ1) is 30.9. The number of imidazole rings is 1. The molecule has 1 aliphatic heterocycles. The van der Waals surface area contributed by atoms with Crippen LogP contribution in [0.2, 0.25) is 5.15 Å². The molecule has 6 aromatic rings. The molecule has 4 heterocycles. The molecule has 0 saturated carbocycles. The highest BCUT2D eigenvalue weighted by Crippen LogP contribution is 2.38. The van der Waals surface area contributed by atoms with E-state index in [9.17, 15) is 4.79 Å². The summed E-state index contributed by atoms with van der Waals surface area (Å²) in [6.07, 6.45) is 2.20. The summed E-state index contributed by atoms with van der Waals surface area (Å²) in [5, 5.41) is 3.38. The number of aryl methyl sites for hydroxylation is 1. The zero-order chi connectivity index (χ0) is 33.5. The lowest BCUT2D eigenvalue weighted by Gasteiger charge is -2.19. The maximum atomic E-state index is 15.6. The summed E-state index contributed by atoms with van der Waals surface area (Å²) in [4.78, 5) is 27.3. The van der Waals surface area contributed by atoms with Gasteiger partial charge in [-0.25, -0.2) is 19.3 Å². The number of fused-ring (bicyclic) bond motifs is 2. The Kier molecular flexibility index (Phi) is 8.16. The number of aromatic nitrogens is 4. The zero-order valence-electron chi connectivity index (χ0n) is 26.1. The second-order valence-corrected chi connectivity index (χ2v) is 12.2. The zero-order valence-corrected chi connectivity index (χ0v) is 26.9. The molecule has 0 spiro atoms. The number of benzene rings is 3. The van der Waals surface area contributed by atoms with Crippen LogP contribution in [0.3, 0.4) is 0 Å². The van der Waals surface area contributed by atoms with Gasteiger partial charge in [0.2, 0.25) is 0 Å². The lowest BCUT2D eigenvalue weighted by atomic mass is 10.0. The Bertz CT molecular complexity index is 2210. The smallest absolute Gasteiger partial charge is 0.254 e. The van der Waals surface area contributed by atoms with Gasteiger partial charge in [0.05, 0.1) is 35.9 Å². The number of nitrogen functional groups attached to an aromatic ring is 1. The first-order valence-corrected chi connectivity index (χ1v) is 16.2. The number of carbonyl (C=O) groups is 1. The Morgan fingerprint density at radius 3 is 2.65 bits per heavy atom. The van der Waals surface area contributed by atoms with Gasteiger partial charge in [0.25, 0.3) is 5.91 Å². The SMILES string of the molecule is Nc1ncccc1-c1nc2ccc(Cl)nc2n1-c1ccc2c(c1)CC[C@@H]2NC(=O)c1cc(C2OCCO2)c(OCc2ccccc2)cc1F. The monoisotopic (exact) mass is 676 g/mol. The number of halogens is 2. The topological polar surface area (TPSA) is 126 Å². The Balaban J connectivity index is 1.08. The average Bonchev–Trinajstić information content (AvgIpc) is 3.87. The van der Waals surface area contributed by atoms with Crippen LogP contribution in [-0.2, 0) is 22.5 Å². The lowest BCUT2D eigenvalue weighted by Crippen LogP contribution is -2.28. The fourth-order valence-corrected chi connectivity index (χ4v) is 6.57. The molecule has 49 heavy (non-hydrogen) atoms. The maximum Gasteiger partial charge on any atom is 0.254 e. The highest BCUT2D eigenvalue weighted by atomic mass is 35.5. The number of hydrogen-bond donors (Lipinski definition) is 2. The van der Waals surface area contributed by atoms with E-state index >= 15 is 4.39 Å². The summed E-state index contributed by atoms with van der Waals surface area (Å²) in [6, 6.07) is 25.1. The van der Waals surface area contributed by atoms with Crippen LogP contribution in [0.1, 0.15) is 51.4 Å². The van der Waals surface area contributed by atoms with Crippen LogP contribution < -0.4 is 15.8 Å². The van der Waals surface area contributed by atoms with Crippen molar-refractivity contribution in [2.75, 3.05) is 18.9 Å². The van der Waals surface area contributed by atoms with Crippen LogP contribution >= 0.6 is 11.6 Å². The summed E-state index contributed by atoms with van der Waals surface area (Å²) in [5.74, 6) is -0.0563. The highest BCUT2D eigenvalue weighted by molar-refractivity contribution is 6.29. The van der Waals surface area contributed by atoms with Gasteiger partial charge in [0.15, 0.2) is 17.8 Å². The van der Waals surface area contributed by atoms with Crippen molar-refractivity contribution in [2.24, 2.45) is 0 Å². The second-order valence-electron chi connectivity index (χ2n) is 11.8. The molecule has 1 saturated heterocycles. The fraction of sp³-hybridized carbons (Fsp3) is 0.189. The van der Waals surface area contributed by atoms with Gasteiger partial charge >= 0.3 is 0 Å². The molecule has 0 bridgehead atoms. The van der Waals surface area contributed by atoms with Gasteiger partial charge in [-0.3, -0.25) is 9.36 Å². The first-order valence-electron chi connectivity index (χ1n) is 15.9. The summed E-state index contributed by atoms with van der Waals surface area (Å²) >= 11 is 6.31. The van der Waals surface area contributed by atoms with Gasteiger partial charge in [-0.1, -0.05) is 48.0 Å². The predicted molar refractivity (Wildman–Crippen MR) is 182 cm³/mol. The third-order valence-electron chi connectivity index (χ3n) is 8.77. The van der Waals surface area contributed by atoms with E-state index in [1.165, 1.54) is 12.1 Å². The van der Waals surface area contributed by atoms with Gasteiger partial charge in [-0.2, -0.15) is 0 Å². The van der Waals surface area contributed by atoms with Crippen molar-refractivity contribution in [2.45, 2.75) is 31.8 Å². The largest absolute Gasteiger partial charge is 0.488 e. The van der Waals surface area contributed by atoms with Crippen LogP contribution in [0, 0.1) is 5.82 Å². The maximum absolute atomic E-state index is 15.6. The van der Waals surface area contributed by atoms with Crippen molar-refractivity contribution in [3.63, 3.8) is 0 Å². The molecular formula is C37H30ClFN6O4. The van der Waals surface area contributed by atoms with E-state index in [2.05, 4.69) is 15.3 Å². The molecular weight excluding hydrogens is 647 g/mol. The third kappa shape index (κ3) is 5.97. The first-order chi connectivity index (χ1) is 23.9. The normalized spacial score (nSPS) is 15.8. The quantitative estimate of drug-likeness (QED) is 0.167.